The van der Waals surface area contributed by atoms with Crippen LogP contribution >= 0.6 is 0 Å². The monoisotopic (exact) mass is 156 g/mol. The number of hydrogen-bond donors (Lipinski definition) is 2. The van der Waals surface area contributed by atoms with Crippen molar-refractivity contribution < 1.29 is 0 Å². The number of rotatable bonds is 4. The van der Waals surface area contributed by atoms with Crippen LogP contribution in [-0.4, -0.2) is 19.1 Å². The van der Waals surface area contributed by atoms with Gasteiger partial charge in [-0.3, -0.25) is 0 Å². The van der Waals surface area contributed by atoms with E-state index in [9.17, 15) is 0 Å². The molecule has 0 aromatic rings. The molecule has 1 aliphatic rings. The van der Waals surface area contributed by atoms with E-state index < -0.39 is 0 Å². The van der Waals surface area contributed by atoms with Crippen LogP contribution in [0.4, 0.5) is 0 Å². The van der Waals surface area contributed by atoms with Crippen LogP contribution in [0.2, 0.25) is 0 Å². The topological polar surface area (TPSA) is 38.0 Å². The minimum absolute atomic E-state index is 0.496. The summed E-state index contributed by atoms with van der Waals surface area (Å²) in [6.45, 7) is 4.08. The van der Waals surface area contributed by atoms with Gasteiger partial charge in [-0.2, -0.15) is 0 Å². The molecule has 0 aliphatic heterocycles. The maximum absolute atomic E-state index is 5.49. The van der Waals surface area contributed by atoms with E-state index in [2.05, 4.69) is 12.2 Å². The van der Waals surface area contributed by atoms with Crippen molar-refractivity contribution in [1.29, 1.82) is 0 Å². The Morgan fingerprint density at radius 3 is 2.64 bits per heavy atom. The van der Waals surface area contributed by atoms with Gasteiger partial charge in [0.05, 0.1) is 0 Å². The second kappa shape index (κ2) is 4.73. The molecule has 1 aliphatic carbocycles. The van der Waals surface area contributed by atoms with Gasteiger partial charge in [0.1, 0.15) is 0 Å². The van der Waals surface area contributed by atoms with E-state index in [1.54, 1.807) is 0 Å². The van der Waals surface area contributed by atoms with Crippen molar-refractivity contribution in [3.8, 4) is 0 Å². The molecule has 0 saturated heterocycles. The Balaban J connectivity index is 2.01. The molecule has 0 amide bonds. The summed E-state index contributed by atoms with van der Waals surface area (Å²) in [6, 6.07) is 0.496. The fourth-order valence-corrected chi connectivity index (χ4v) is 1.67. The van der Waals surface area contributed by atoms with Crippen LogP contribution in [0, 0.1) is 5.92 Å². The molecule has 1 atom stereocenters. The van der Waals surface area contributed by atoms with Crippen molar-refractivity contribution in [1.82, 2.24) is 5.32 Å². The standard InChI is InChI=1S/C9H20N2/c1-8(6-10)11-7-9-4-2-3-5-9/h8-9,11H,2-7,10H2,1H3/t8-/m1/s1. The zero-order valence-electron chi connectivity index (χ0n) is 7.47. The molecular weight excluding hydrogens is 136 g/mol. The van der Waals surface area contributed by atoms with Gasteiger partial charge >= 0.3 is 0 Å². The average molecular weight is 156 g/mol. The highest BCUT2D eigenvalue weighted by Gasteiger charge is 2.14. The first-order valence-electron chi connectivity index (χ1n) is 4.76. The Bertz CT molecular complexity index is 97.7. The van der Waals surface area contributed by atoms with Crippen molar-refractivity contribution in [3.05, 3.63) is 0 Å². The highest BCUT2D eigenvalue weighted by molar-refractivity contribution is 4.71. The van der Waals surface area contributed by atoms with Gasteiger partial charge in [0, 0.05) is 12.6 Å². The smallest absolute Gasteiger partial charge is 0.0162 e. The van der Waals surface area contributed by atoms with E-state index in [4.69, 9.17) is 5.73 Å². The van der Waals surface area contributed by atoms with Crippen LogP contribution in [-0.2, 0) is 0 Å². The summed E-state index contributed by atoms with van der Waals surface area (Å²) in [7, 11) is 0. The quantitative estimate of drug-likeness (QED) is 0.640. The first-order valence-corrected chi connectivity index (χ1v) is 4.76. The van der Waals surface area contributed by atoms with Gasteiger partial charge in [-0.15, -0.1) is 0 Å². The third kappa shape index (κ3) is 3.21. The van der Waals surface area contributed by atoms with E-state index in [1.165, 1.54) is 32.2 Å². The zero-order valence-corrected chi connectivity index (χ0v) is 7.47. The van der Waals surface area contributed by atoms with Crippen molar-refractivity contribution in [2.45, 2.75) is 38.6 Å². The molecule has 2 nitrogen and oxygen atoms in total. The van der Waals surface area contributed by atoms with Crippen LogP contribution in [0.3, 0.4) is 0 Å². The third-order valence-electron chi connectivity index (χ3n) is 2.58. The maximum atomic E-state index is 5.49. The first-order chi connectivity index (χ1) is 5.33. The Hall–Kier alpha value is -0.0800. The van der Waals surface area contributed by atoms with Crippen molar-refractivity contribution in [2.24, 2.45) is 11.7 Å². The Morgan fingerprint density at radius 2 is 2.09 bits per heavy atom. The highest BCUT2D eigenvalue weighted by Crippen LogP contribution is 2.23. The predicted molar refractivity (Wildman–Crippen MR) is 48.5 cm³/mol. The fourth-order valence-electron chi connectivity index (χ4n) is 1.67. The summed E-state index contributed by atoms with van der Waals surface area (Å²) in [5.41, 5.74) is 5.49. The lowest BCUT2D eigenvalue weighted by Gasteiger charge is -2.14. The highest BCUT2D eigenvalue weighted by atomic mass is 14.9. The van der Waals surface area contributed by atoms with E-state index in [0.29, 0.717) is 6.04 Å². The predicted octanol–water partition coefficient (Wildman–Crippen LogP) is 1.11. The molecule has 1 fully saturated rings. The average Bonchev–Trinajstić information content (AvgIpc) is 2.52. The lowest BCUT2D eigenvalue weighted by atomic mass is 10.1. The van der Waals surface area contributed by atoms with Gasteiger partial charge < -0.3 is 11.1 Å². The second-order valence-electron chi connectivity index (χ2n) is 3.70. The molecule has 0 radical (unpaired) electrons. The van der Waals surface area contributed by atoms with Crippen LogP contribution in [0.25, 0.3) is 0 Å². The van der Waals surface area contributed by atoms with E-state index in [1.807, 2.05) is 0 Å². The molecule has 0 heterocycles. The van der Waals surface area contributed by atoms with Gasteiger partial charge in [-0.25, -0.2) is 0 Å². The summed E-state index contributed by atoms with van der Waals surface area (Å²) in [4.78, 5) is 0. The van der Waals surface area contributed by atoms with Crippen molar-refractivity contribution in [2.75, 3.05) is 13.1 Å². The fraction of sp³-hybridized carbons (Fsp3) is 1.00. The number of nitrogens with two attached hydrogens (primary N) is 1. The summed E-state index contributed by atoms with van der Waals surface area (Å²) in [5.74, 6) is 0.934. The minimum Gasteiger partial charge on any atom is -0.329 e. The minimum atomic E-state index is 0.496. The van der Waals surface area contributed by atoms with Crippen LogP contribution in [0.5, 0.6) is 0 Å². The maximum Gasteiger partial charge on any atom is 0.0162 e. The Labute approximate surface area is 69.5 Å². The lowest BCUT2D eigenvalue weighted by Crippen LogP contribution is -2.35. The molecule has 0 aromatic heterocycles. The van der Waals surface area contributed by atoms with Crippen molar-refractivity contribution >= 4 is 0 Å². The van der Waals surface area contributed by atoms with Gasteiger partial charge in [-0.1, -0.05) is 12.8 Å². The summed E-state index contributed by atoms with van der Waals surface area (Å²) < 4.78 is 0. The molecule has 0 spiro atoms. The molecule has 3 N–H and O–H groups in total. The van der Waals surface area contributed by atoms with Gasteiger partial charge in [-0.05, 0) is 32.2 Å². The van der Waals surface area contributed by atoms with Crippen LogP contribution in [0.1, 0.15) is 32.6 Å². The summed E-state index contributed by atoms with van der Waals surface area (Å²) in [5, 5.41) is 3.45. The molecule has 0 unspecified atom stereocenters. The molecule has 1 saturated carbocycles. The third-order valence-corrected chi connectivity index (χ3v) is 2.58. The van der Waals surface area contributed by atoms with E-state index in [0.717, 1.165) is 12.5 Å². The molecule has 2 heteroatoms. The molecular formula is C9H20N2. The molecule has 11 heavy (non-hydrogen) atoms. The lowest BCUT2D eigenvalue weighted by molar-refractivity contribution is 0.449. The van der Waals surface area contributed by atoms with Gasteiger partial charge in [0.15, 0.2) is 0 Å². The molecule has 0 aromatic carbocycles. The van der Waals surface area contributed by atoms with E-state index in [-0.39, 0.29) is 0 Å². The SMILES string of the molecule is C[C@H](CN)NCC1CCCC1. The molecule has 0 bridgehead atoms. The van der Waals surface area contributed by atoms with E-state index >= 15 is 0 Å². The first kappa shape index (κ1) is 9.01. The van der Waals surface area contributed by atoms with Gasteiger partial charge in [0.25, 0.3) is 0 Å². The van der Waals surface area contributed by atoms with Crippen LogP contribution in [0.15, 0.2) is 0 Å². The number of nitrogens with one attached hydrogen (secondary N) is 1. The zero-order chi connectivity index (χ0) is 8.10. The Morgan fingerprint density at radius 1 is 1.45 bits per heavy atom. The Kier molecular flexibility index (Phi) is 3.87. The summed E-state index contributed by atoms with van der Waals surface area (Å²) in [6.07, 6.45) is 5.71. The van der Waals surface area contributed by atoms with Crippen LogP contribution < -0.4 is 11.1 Å². The normalized spacial score (nSPS) is 22.4. The molecule has 66 valence electrons. The van der Waals surface area contributed by atoms with Crippen molar-refractivity contribution in [3.63, 3.8) is 0 Å². The molecule has 1 rings (SSSR count). The number of hydrogen-bond acceptors (Lipinski definition) is 2. The second-order valence-corrected chi connectivity index (χ2v) is 3.70. The summed E-state index contributed by atoms with van der Waals surface area (Å²) >= 11 is 0. The largest absolute Gasteiger partial charge is 0.329 e. The van der Waals surface area contributed by atoms with Gasteiger partial charge in [0.2, 0.25) is 0 Å².